The van der Waals surface area contributed by atoms with E-state index in [1.807, 2.05) is 0 Å². The van der Waals surface area contributed by atoms with E-state index in [0.29, 0.717) is 0 Å². The van der Waals surface area contributed by atoms with Gasteiger partial charge < -0.3 is 4.74 Å². The molecule has 0 aliphatic rings. The summed E-state index contributed by atoms with van der Waals surface area (Å²) in [4.78, 5) is 22.6. The molecule has 6 heteroatoms. The van der Waals surface area contributed by atoms with Crippen molar-refractivity contribution in [1.29, 1.82) is 0 Å². The number of carbonyl (C=O) groups is 2. The number of ketones is 1. The summed E-state index contributed by atoms with van der Waals surface area (Å²) in [5.74, 6) is -2.20. The highest BCUT2D eigenvalue weighted by atomic mass is 35.5. The molecule has 0 saturated carbocycles. The second kappa shape index (κ2) is 5.27. The smallest absolute Gasteiger partial charge is 0.331 e. The molecule has 0 fully saturated rings. The highest BCUT2D eigenvalue weighted by molar-refractivity contribution is 6.43. The molecule has 16 heavy (non-hydrogen) atoms. The lowest BCUT2D eigenvalue weighted by atomic mass is 10.1. The molecule has 3 nitrogen and oxygen atoms in total. The number of rotatable bonds is 3. The number of carbonyl (C=O) groups excluding carboxylic acids is 2. The molecule has 0 saturated heterocycles. The molecule has 1 aromatic carbocycles. The SMILES string of the molecule is COC(=O)C(Cl)C(=O)c1ccc(F)c(Cl)c1. The third kappa shape index (κ3) is 2.71. The molecule has 0 heterocycles. The normalized spacial score (nSPS) is 12.0. The van der Waals surface area contributed by atoms with Crippen molar-refractivity contribution in [2.24, 2.45) is 0 Å². The fraction of sp³-hybridized carbons (Fsp3) is 0.200. The Bertz CT molecular complexity index is 434. The molecule has 0 radical (unpaired) electrons. The quantitative estimate of drug-likeness (QED) is 0.365. The predicted octanol–water partition coefficient (Wildman–Crippen LogP) is 2.44. The van der Waals surface area contributed by atoms with Crippen LogP contribution in [0.25, 0.3) is 0 Å². The first-order chi connectivity index (χ1) is 7.47. The summed E-state index contributed by atoms with van der Waals surface area (Å²) in [5.41, 5.74) is 0.0526. The van der Waals surface area contributed by atoms with Gasteiger partial charge in [-0.1, -0.05) is 11.6 Å². The molecule has 86 valence electrons. The second-order valence-electron chi connectivity index (χ2n) is 2.88. The van der Waals surface area contributed by atoms with Gasteiger partial charge in [-0.2, -0.15) is 0 Å². The number of methoxy groups -OCH3 is 1. The number of benzene rings is 1. The number of halogens is 3. The molecule has 0 spiro atoms. The topological polar surface area (TPSA) is 43.4 Å². The van der Waals surface area contributed by atoms with Crippen LogP contribution in [-0.4, -0.2) is 24.2 Å². The van der Waals surface area contributed by atoms with Crippen molar-refractivity contribution in [3.05, 3.63) is 34.6 Å². The molecule has 1 aromatic rings. The summed E-state index contributed by atoms with van der Waals surface area (Å²) >= 11 is 11.0. The average molecular weight is 265 g/mol. The lowest BCUT2D eigenvalue weighted by Crippen LogP contribution is -2.25. The van der Waals surface area contributed by atoms with Gasteiger partial charge >= 0.3 is 5.97 Å². The first-order valence-electron chi connectivity index (χ1n) is 4.18. The van der Waals surface area contributed by atoms with Gasteiger partial charge in [-0.25, -0.2) is 9.18 Å². The number of alkyl halides is 1. The van der Waals surface area contributed by atoms with Crippen molar-refractivity contribution in [2.75, 3.05) is 7.11 Å². The van der Waals surface area contributed by atoms with E-state index in [0.717, 1.165) is 19.2 Å². The molecule has 0 bridgehead atoms. The summed E-state index contributed by atoms with van der Waals surface area (Å²) in [6, 6.07) is 3.33. The summed E-state index contributed by atoms with van der Waals surface area (Å²) in [5, 5.41) is -1.66. The summed E-state index contributed by atoms with van der Waals surface area (Å²) in [6.07, 6.45) is 0. The van der Waals surface area contributed by atoms with Crippen molar-refractivity contribution in [1.82, 2.24) is 0 Å². The van der Waals surface area contributed by atoms with Crippen LogP contribution in [0.5, 0.6) is 0 Å². The van der Waals surface area contributed by atoms with Crippen LogP contribution < -0.4 is 0 Å². The molecular formula is C10H7Cl2FO3. The predicted molar refractivity (Wildman–Crippen MR) is 57.4 cm³/mol. The van der Waals surface area contributed by atoms with Gasteiger partial charge in [0.05, 0.1) is 12.1 Å². The number of Topliss-reactive ketones (excluding diaryl/α,β-unsaturated/α-hetero) is 1. The van der Waals surface area contributed by atoms with Crippen LogP contribution in [0, 0.1) is 5.82 Å². The van der Waals surface area contributed by atoms with Crippen molar-refractivity contribution in [2.45, 2.75) is 5.38 Å². The van der Waals surface area contributed by atoms with E-state index in [-0.39, 0.29) is 10.6 Å². The lowest BCUT2D eigenvalue weighted by molar-refractivity contribution is -0.139. The summed E-state index contributed by atoms with van der Waals surface area (Å²) < 4.78 is 17.1. The molecule has 0 N–H and O–H groups in total. The van der Waals surface area contributed by atoms with Crippen LogP contribution in [0.15, 0.2) is 18.2 Å². The Hall–Kier alpha value is -1.13. The molecule has 1 rings (SSSR count). The molecule has 0 aromatic heterocycles. The number of hydrogen-bond acceptors (Lipinski definition) is 3. The molecule has 1 unspecified atom stereocenters. The highest BCUT2D eigenvalue weighted by Gasteiger charge is 2.26. The zero-order valence-corrected chi connectivity index (χ0v) is 9.68. The lowest BCUT2D eigenvalue weighted by Gasteiger charge is -2.06. The summed E-state index contributed by atoms with van der Waals surface area (Å²) in [7, 11) is 1.11. The van der Waals surface area contributed by atoms with E-state index in [1.54, 1.807) is 0 Å². The van der Waals surface area contributed by atoms with Crippen LogP contribution in [0.2, 0.25) is 5.02 Å². The number of hydrogen-bond donors (Lipinski definition) is 0. The van der Waals surface area contributed by atoms with Gasteiger partial charge in [-0.3, -0.25) is 4.79 Å². The zero-order chi connectivity index (χ0) is 12.3. The Morgan fingerprint density at radius 3 is 2.56 bits per heavy atom. The van der Waals surface area contributed by atoms with E-state index in [1.165, 1.54) is 6.07 Å². The largest absolute Gasteiger partial charge is 0.468 e. The number of esters is 1. The average Bonchev–Trinajstić information content (AvgIpc) is 2.29. The van der Waals surface area contributed by atoms with Gasteiger partial charge in [0.2, 0.25) is 0 Å². The molecule has 0 aliphatic heterocycles. The molecular weight excluding hydrogens is 258 g/mol. The maximum Gasteiger partial charge on any atom is 0.331 e. The molecule has 0 amide bonds. The Kier molecular flexibility index (Phi) is 4.26. The fourth-order valence-electron chi connectivity index (χ4n) is 1.01. The minimum Gasteiger partial charge on any atom is -0.468 e. The van der Waals surface area contributed by atoms with Gasteiger partial charge in [0.15, 0.2) is 11.2 Å². The van der Waals surface area contributed by atoms with Gasteiger partial charge in [0.1, 0.15) is 5.82 Å². The van der Waals surface area contributed by atoms with Crippen LogP contribution in [0.4, 0.5) is 4.39 Å². The Balaban J connectivity index is 2.97. The number of ether oxygens (including phenoxy) is 1. The minimum absolute atomic E-state index is 0.0526. The van der Waals surface area contributed by atoms with E-state index in [9.17, 15) is 14.0 Å². The molecule has 1 atom stereocenters. The Labute approximate surface area is 101 Å². The van der Waals surface area contributed by atoms with E-state index in [2.05, 4.69) is 4.74 Å². The third-order valence-electron chi connectivity index (χ3n) is 1.84. The Morgan fingerprint density at radius 1 is 1.44 bits per heavy atom. The van der Waals surface area contributed by atoms with E-state index < -0.39 is 22.9 Å². The van der Waals surface area contributed by atoms with Crippen LogP contribution in [0.1, 0.15) is 10.4 Å². The van der Waals surface area contributed by atoms with Crippen LogP contribution in [0.3, 0.4) is 0 Å². The first kappa shape index (κ1) is 12.9. The van der Waals surface area contributed by atoms with Crippen molar-refractivity contribution in [3.8, 4) is 0 Å². The maximum absolute atomic E-state index is 12.8. The zero-order valence-electron chi connectivity index (χ0n) is 8.17. The van der Waals surface area contributed by atoms with E-state index in [4.69, 9.17) is 23.2 Å². The van der Waals surface area contributed by atoms with Crippen LogP contribution >= 0.6 is 23.2 Å². The standard InChI is InChI=1S/C10H7Cl2FO3/c1-16-10(15)8(12)9(14)5-2-3-7(13)6(11)4-5/h2-4,8H,1H3. The fourth-order valence-corrected chi connectivity index (χ4v) is 1.40. The monoisotopic (exact) mass is 264 g/mol. The first-order valence-corrected chi connectivity index (χ1v) is 5.00. The van der Waals surface area contributed by atoms with Crippen LogP contribution in [-0.2, 0) is 9.53 Å². The van der Waals surface area contributed by atoms with Crippen molar-refractivity contribution >= 4 is 35.0 Å². The Morgan fingerprint density at radius 2 is 2.06 bits per heavy atom. The highest BCUT2D eigenvalue weighted by Crippen LogP contribution is 2.18. The van der Waals surface area contributed by atoms with Gasteiger partial charge in [-0.15, -0.1) is 11.6 Å². The van der Waals surface area contributed by atoms with Gasteiger partial charge in [-0.05, 0) is 18.2 Å². The molecule has 0 aliphatic carbocycles. The third-order valence-corrected chi connectivity index (χ3v) is 2.51. The second-order valence-corrected chi connectivity index (χ2v) is 3.72. The summed E-state index contributed by atoms with van der Waals surface area (Å²) in [6.45, 7) is 0. The van der Waals surface area contributed by atoms with Gasteiger partial charge in [0, 0.05) is 5.56 Å². The minimum atomic E-state index is -1.45. The van der Waals surface area contributed by atoms with Gasteiger partial charge in [0.25, 0.3) is 0 Å². The van der Waals surface area contributed by atoms with Crippen molar-refractivity contribution in [3.63, 3.8) is 0 Å². The maximum atomic E-state index is 12.8. The van der Waals surface area contributed by atoms with E-state index >= 15 is 0 Å². The van der Waals surface area contributed by atoms with Crippen molar-refractivity contribution < 1.29 is 18.7 Å².